The molecule has 0 atom stereocenters. The van der Waals surface area contributed by atoms with E-state index < -0.39 is 5.41 Å². The first-order chi connectivity index (χ1) is 13.6. The third-order valence-corrected chi connectivity index (χ3v) is 5.59. The lowest BCUT2D eigenvalue weighted by Gasteiger charge is -2.28. The molecule has 1 aromatic heterocycles. The van der Waals surface area contributed by atoms with Gasteiger partial charge in [-0.3, -0.25) is 9.36 Å². The first-order valence-electron chi connectivity index (χ1n) is 9.45. The van der Waals surface area contributed by atoms with Crippen molar-refractivity contribution in [3.8, 4) is 11.4 Å². The van der Waals surface area contributed by atoms with Crippen molar-refractivity contribution in [1.29, 1.82) is 0 Å². The molecule has 0 unspecified atom stereocenters. The van der Waals surface area contributed by atoms with Crippen molar-refractivity contribution in [3.05, 3.63) is 77.0 Å². The highest BCUT2D eigenvalue weighted by molar-refractivity contribution is 5.99. The zero-order valence-corrected chi connectivity index (χ0v) is 15.8. The van der Waals surface area contributed by atoms with Crippen LogP contribution in [0.3, 0.4) is 0 Å². The molecule has 144 valence electrons. The van der Waals surface area contributed by atoms with Crippen molar-refractivity contribution in [2.24, 2.45) is 0 Å². The fourth-order valence-electron chi connectivity index (χ4n) is 4.02. The Labute approximate surface area is 163 Å². The van der Waals surface area contributed by atoms with Crippen molar-refractivity contribution in [1.82, 2.24) is 9.55 Å². The Hall–Kier alpha value is -3.28. The number of methoxy groups -OCH3 is 1. The summed E-state index contributed by atoms with van der Waals surface area (Å²) in [5.74, 6) is 0.801. The molecule has 6 heteroatoms. The molecule has 4 rings (SSSR count). The number of benzene rings is 2. The molecular weight excluding hydrogens is 354 g/mol. The van der Waals surface area contributed by atoms with E-state index in [9.17, 15) is 9.59 Å². The summed E-state index contributed by atoms with van der Waals surface area (Å²) in [6.07, 6.45) is 7.01. The molecule has 0 spiro atoms. The van der Waals surface area contributed by atoms with Gasteiger partial charge in [-0.25, -0.2) is 4.79 Å². The lowest BCUT2D eigenvalue weighted by Crippen LogP contribution is -2.38. The van der Waals surface area contributed by atoms with Gasteiger partial charge in [0.05, 0.1) is 18.2 Å². The number of rotatable bonds is 5. The first kappa shape index (κ1) is 18.1. The molecule has 1 saturated carbocycles. The molecule has 0 bridgehead atoms. The van der Waals surface area contributed by atoms with Gasteiger partial charge in [0.1, 0.15) is 5.75 Å². The van der Waals surface area contributed by atoms with Crippen molar-refractivity contribution >= 4 is 11.6 Å². The lowest BCUT2D eigenvalue weighted by molar-refractivity contribution is -0.121. The monoisotopic (exact) mass is 377 g/mol. The Morgan fingerprint density at radius 1 is 1.07 bits per heavy atom. The molecule has 0 aliphatic heterocycles. The van der Waals surface area contributed by atoms with E-state index in [1.54, 1.807) is 19.5 Å². The highest BCUT2D eigenvalue weighted by atomic mass is 16.5. The van der Waals surface area contributed by atoms with Gasteiger partial charge in [0.25, 0.3) is 0 Å². The molecule has 3 aromatic rings. The number of hydrogen-bond acceptors (Lipinski definition) is 3. The Bertz CT molecular complexity index is 1010. The van der Waals surface area contributed by atoms with Crippen LogP contribution in [0.15, 0.2) is 65.7 Å². The summed E-state index contributed by atoms with van der Waals surface area (Å²) in [5.41, 5.74) is 1.79. The van der Waals surface area contributed by atoms with Crippen molar-refractivity contribution in [3.63, 3.8) is 0 Å². The number of aromatic amines is 1. The van der Waals surface area contributed by atoms with Gasteiger partial charge in [0.2, 0.25) is 5.91 Å². The predicted octanol–water partition coefficient (Wildman–Crippen LogP) is 3.62. The quantitative estimate of drug-likeness (QED) is 0.713. The van der Waals surface area contributed by atoms with Crippen LogP contribution in [0.1, 0.15) is 31.2 Å². The minimum Gasteiger partial charge on any atom is -0.497 e. The number of carbonyl (C=O) groups excluding carboxylic acids is 1. The molecule has 28 heavy (non-hydrogen) atoms. The van der Waals surface area contributed by atoms with Gasteiger partial charge in [-0.2, -0.15) is 0 Å². The second kappa shape index (κ2) is 7.38. The number of nitrogens with zero attached hydrogens (tertiary/aromatic N) is 1. The number of H-pyrrole nitrogens is 1. The Kier molecular flexibility index (Phi) is 4.77. The summed E-state index contributed by atoms with van der Waals surface area (Å²) in [6.45, 7) is 0. The SMILES string of the molecule is COc1ccc(C2(C(=O)Nc3ccc(-n4cc[nH]c4=O)cc3)CCCC2)cc1. The first-order valence-corrected chi connectivity index (χ1v) is 9.45. The Balaban J connectivity index is 1.56. The summed E-state index contributed by atoms with van der Waals surface area (Å²) in [6, 6.07) is 15.1. The highest BCUT2D eigenvalue weighted by Gasteiger charge is 2.42. The van der Waals surface area contributed by atoms with Crippen LogP contribution in [-0.2, 0) is 10.2 Å². The topological polar surface area (TPSA) is 76.1 Å². The average molecular weight is 377 g/mol. The molecule has 1 heterocycles. The predicted molar refractivity (Wildman–Crippen MR) is 108 cm³/mol. The third kappa shape index (κ3) is 3.22. The van der Waals surface area contributed by atoms with Gasteiger partial charge >= 0.3 is 5.69 Å². The van der Waals surface area contributed by atoms with E-state index >= 15 is 0 Å². The van der Waals surface area contributed by atoms with Crippen molar-refractivity contribution < 1.29 is 9.53 Å². The third-order valence-electron chi connectivity index (χ3n) is 5.59. The van der Waals surface area contributed by atoms with E-state index in [1.165, 1.54) is 4.57 Å². The molecule has 2 N–H and O–H groups in total. The number of carbonyl (C=O) groups is 1. The van der Waals surface area contributed by atoms with Gasteiger partial charge in [-0.1, -0.05) is 25.0 Å². The summed E-state index contributed by atoms with van der Waals surface area (Å²) in [7, 11) is 1.64. The van der Waals surface area contributed by atoms with Crippen molar-refractivity contribution in [2.75, 3.05) is 12.4 Å². The van der Waals surface area contributed by atoms with Crippen LogP contribution in [-0.4, -0.2) is 22.6 Å². The number of imidazole rings is 1. The number of ether oxygens (including phenoxy) is 1. The van der Waals surface area contributed by atoms with Crippen LogP contribution in [0.2, 0.25) is 0 Å². The number of aromatic nitrogens is 2. The summed E-state index contributed by atoms with van der Waals surface area (Å²) >= 11 is 0. The standard InChI is InChI=1S/C22H23N3O3/c1-28-19-10-4-16(5-11-19)22(12-2-3-13-22)20(26)24-17-6-8-18(9-7-17)25-15-14-23-21(25)27/h4-11,14-15H,2-3,12-13H2,1H3,(H,23,27)(H,24,26). The van der Waals surface area contributed by atoms with Crippen LogP contribution in [0.4, 0.5) is 5.69 Å². The average Bonchev–Trinajstić information content (AvgIpc) is 3.39. The molecule has 2 aromatic carbocycles. The van der Waals surface area contributed by atoms with Gasteiger partial charge in [0, 0.05) is 18.1 Å². The molecule has 6 nitrogen and oxygen atoms in total. The van der Waals surface area contributed by atoms with Crippen LogP contribution in [0.25, 0.3) is 5.69 Å². The fraction of sp³-hybridized carbons (Fsp3) is 0.273. The molecule has 1 aliphatic rings. The summed E-state index contributed by atoms with van der Waals surface area (Å²) < 4.78 is 6.76. The molecule has 0 radical (unpaired) electrons. The van der Waals surface area contributed by atoms with Crippen LogP contribution < -0.4 is 15.7 Å². The number of hydrogen-bond donors (Lipinski definition) is 2. The van der Waals surface area contributed by atoms with Crippen LogP contribution >= 0.6 is 0 Å². The summed E-state index contributed by atoms with van der Waals surface area (Å²) in [4.78, 5) is 27.6. The van der Waals surface area contributed by atoms with Crippen LogP contribution in [0.5, 0.6) is 5.75 Å². The number of amides is 1. The zero-order chi connectivity index (χ0) is 19.6. The smallest absolute Gasteiger partial charge is 0.330 e. The maximum atomic E-state index is 13.3. The van der Waals surface area contributed by atoms with E-state index in [2.05, 4.69) is 10.3 Å². The van der Waals surface area contributed by atoms with E-state index in [4.69, 9.17) is 4.74 Å². The van der Waals surface area contributed by atoms with Crippen LogP contribution in [0, 0.1) is 0 Å². The van der Waals surface area contributed by atoms with Gasteiger partial charge in [-0.05, 0) is 54.8 Å². The second-order valence-electron chi connectivity index (χ2n) is 7.15. The maximum absolute atomic E-state index is 13.3. The number of anilines is 1. The minimum atomic E-state index is -0.511. The Morgan fingerprint density at radius 3 is 2.32 bits per heavy atom. The van der Waals surface area contributed by atoms with Gasteiger partial charge < -0.3 is 15.0 Å². The zero-order valence-electron chi connectivity index (χ0n) is 15.8. The molecule has 1 aliphatic carbocycles. The highest BCUT2D eigenvalue weighted by Crippen LogP contribution is 2.42. The van der Waals surface area contributed by atoms with E-state index in [-0.39, 0.29) is 11.6 Å². The fourth-order valence-corrected chi connectivity index (χ4v) is 4.02. The normalized spacial score (nSPS) is 15.3. The summed E-state index contributed by atoms with van der Waals surface area (Å²) in [5, 5.41) is 3.07. The second-order valence-corrected chi connectivity index (χ2v) is 7.15. The lowest BCUT2D eigenvalue weighted by atomic mass is 9.78. The van der Waals surface area contributed by atoms with Gasteiger partial charge in [-0.15, -0.1) is 0 Å². The largest absolute Gasteiger partial charge is 0.497 e. The van der Waals surface area contributed by atoms with Crippen molar-refractivity contribution in [2.45, 2.75) is 31.1 Å². The van der Waals surface area contributed by atoms with E-state index in [0.29, 0.717) is 0 Å². The minimum absolute atomic E-state index is 0.0155. The number of nitrogens with one attached hydrogen (secondary N) is 2. The molecule has 1 amide bonds. The maximum Gasteiger partial charge on any atom is 0.330 e. The van der Waals surface area contributed by atoms with E-state index in [0.717, 1.165) is 48.4 Å². The molecular formula is C22H23N3O3. The molecule has 0 saturated heterocycles. The van der Waals surface area contributed by atoms with E-state index in [1.807, 2.05) is 48.5 Å². The molecule has 1 fully saturated rings. The Morgan fingerprint density at radius 2 is 1.75 bits per heavy atom. The van der Waals surface area contributed by atoms with Gasteiger partial charge in [0.15, 0.2) is 0 Å².